The standard InChI is InChI=1S/C14H21N3O3/c1-10-4-2-6-12(8-10)20-9-11-5-3-7-13(17(18)19)14(11)16-15/h3,5,7,10,12,16H,2,4,6,8-9,15H2,1H3. The van der Waals surface area contributed by atoms with E-state index in [1.165, 1.54) is 18.9 Å². The molecule has 1 aliphatic carbocycles. The Balaban J connectivity index is 2.05. The van der Waals surface area contributed by atoms with Crippen LogP contribution in [0.1, 0.15) is 38.2 Å². The van der Waals surface area contributed by atoms with E-state index in [0.717, 1.165) is 18.4 Å². The lowest BCUT2D eigenvalue weighted by Crippen LogP contribution is -2.21. The summed E-state index contributed by atoms with van der Waals surface area (Å²) in [4.78, 5) is 10.5. The van der Waals surface area contributed by atoms with Crippen molar-refractivity contribution in [1.29, 1.82) is 0 Å². The summed E-state index contributed by atoms with van der Waals surface area (Å²) >= 11 is 0. The summed E-state index contributed by atoms with van der Waals surface area (Å²) in [5, 5.41) is 11.0. The van der Waals surface area contributed by atoms with Crippen LogP contribution in [-0.4, -0.2) is 11.0 Å². The number of nitrogens with two attached hydrogens (primary N) is 1. The summed E-state index contributed by atoms with van der Waals surface area (Å²) in [5.74, 6) is 6.10. The van der Waals surface area contributed by atoms with Crippen LogP contribution in [0.3, 0.4) is 0 Å². The predicted octanol–water partition coefficient (Wildman–Crippen LogP) is 2.98. The molecule has 1 aromatic carbocycles. The van der Waals surface area contributed by atoms with Crippen LogP contribution in [0.15, 0.2) is 18.2 Å². The zero-order valence-corrected chi connectivity index (χ0v) is 11.7. The fourth-order valence-electron chi connectivity index (χ4n) is 2.76. The Labute approximate surface area is 118 Å². The van der Waals surface area contributed by atoms with Gasteiger partial charge in [0.15, 0.2) is 0 Å². The van der Waals surface area contributed by atoms with Crippen molar-refractivity contribution in [3.05, 3.63) is 33.9 Å². The number of nitrogens with one attached hydrogen (secondary N) is 1. The van der Waals surface area contributed by atoms with Crippen molar-refractivity contribution >= 4 is 11.4 Å². The smallest absolute Gasteiger partial charge is 0.294 e. The Morgan fingerprint density at radius 1 is 1.50 bits per heavy atom. The zero-order chi connectivity index (χ0) is 14.5. The van der Waals surface area contributed by atoms with E-state index < -0.39 is 4.92 Å². The Kier molecular flexibility index (Phi) is 4.92. The first kappa shape index (κ1) is 14.7. The number of nitrogens with zero attached hydrogens (tertiary/aromatic N) is 1. The lowest BCUT2D eigenvalue weighted by molar-refractivity contribution is -0.384. The maximum atomic E-state index is 11.0. The maximum absolute atomic E-state index is 11.0. The van der Waals surface area contributed by atoms with Gasteiger partial charge < -0.3 is 10.2 Å². The molecule has 6 nitrogen and oxygen atoms in total. The third-order valence-corrected chi connectivity index (χ3v) is 3.83. The maximum Gasteiger partial charge on any atom is 0.294 e. The fourth-order valence-corrected chi connectivity index (χ4v) is 2.76. The highest BCUT2D eigenvalue weighted by atomic mass is 16.6. The van der Waals surface area contributed by atoms with E-state index in [0.29, 0.717) is 18.2 Å². The second kappa shape index (κ2) is 6.67. The van der Waals surface area contributed by atoms with E-state index in [2.05, 4.69) is 12.3 Å². The van der Waals surface area contributed by atoms with Gasteiger partial charge in [-0.05, 0) is 18.8 Å². The molecule has 0 amide bonds. The highest BCUT2D eigenvalue weighted by molar-refractivity contribution is 5.65. The Bertz CT molecular complexity index is 479. The molecule has 1 saturated carbocycles. The first-order chi connectivity index (χ1) is 9.61. The average molecular weight is 279 g/mol. The van der Waals surface area contributed by atoms with Crippen LogP contribution in [0.25, 0.3) is 0 Å². The second-order valence-corrected chi connectivity index (χ2v) is 5.42. The number of anilines is 1. The summed E-state index contributed by atoms with van der Waals surface area (Å²) in [6, 6.07) is 4.89. The van der Waals surface area contributed by atoms with E-state index in [-0.39, 0.29) is 11.8 Å². The van der Waals surface area contributed by atoms with Crippen LogP contribution in [0.2, 0.25) is 0 Å². The van der Waals surface area contributed by atoms with Crippen LogP contribution in [-0.2, 0) is 11.3 Å². The van der Waals surface area contributed by atoms with Crippen molar-refractivity contribution in [3.8, 4) is 0 Å². The summed E-state index contributed by atoms with van der Waals surface area (Å²) in [6.07, 6.45) is 4.80. The number of para-hydroxylation sites is 1. The van der Waals surface area contributed by atoms with E-state index in [1.807, 2.05) is 0 Å². The highest BCUT2D eigenvalue weighted by Gasteiger charge is 2.21. The van der Waals surface area contributed by atoms with E-state index >= 15 is 0 Å². The largest absolute Gasteiger partial charge is 0.373 e. The molecular formula is C14H21N3O3. The predicted molar refractivity (Wildman–Crippen MR) is 77.1 cm³/mol. The van der Waals surface area contributed by atoms with Gasteiger partial charge >= 0.3 is 0 Å². The third-order valence-electron chi connectivity index (χ3n) is 3.83. The normalized spacial score (nSPS) is 22.5. The molecular weight excluding hydrogens is 258 g/mol. The number of nitro benzene ring substituents is 1. The minimum absolute atomic E-state index is 0.0226. The Morgan fingerprint density at radius 2 is 2.30 bits per heavy atom. The number of ether oxygens (including phenoxy) is 1. The number of nitrogen functional groups attached to an aromatic ring is 1. The second-order valence-electron chi connectivity index (χ2n) is 5.42. The quantitative estimate of drug-likeness (QED) is 0.491. The molecule has 0 radical (unpaired) electrons. The molecule has 2 unspecified atom stereocenters. The zero-order valence-electron chi connectivity index (χ0n) is 11.7. The summed E-state index contributed by atoms with van der Waals surface area (Å²) in [5.41, 5.74) is 3.45. The summed E-state index contributed by atoms with van der Waals surface area (Å²) in [7, 11) is 0. The van der Waals surface area contributed by atoms with Crippen molar-refractivity contribution < 1.29 is 9.66 Å². The first-order valence-corrected chi connectivity index (χ1v) is 6.96. The van der Waals surface area contributed by atoms with E-state index in [1.54, 1.807) is 12.1 Å². The van der Waals surface area contributed by atoms with Gasteiger partial charge in [-0.15, -0.1) is 0 Å². The van der Waals surface area contributed by atoms with Gasteiger partial charge in [0.05, 0.1) is 17.6 Å². The molecule has 0 aliphatic heterocycles. The number of hydrogen-bond donors (Lipinski definition) is 2. The molecule has 6 heteroatoms. The van der Waals surface area contributed by atoms with Crippen molar-refractivity contribution in [2.24, 2.45) is 11.8 Å². The number of nitro groups is 1. The van der Waals surface area contributed by atoms with Gasteiger partial charge in [-0.3, -0.25) is 16.0 Å². The summed E-state index contributed by atoms with van der Waals surface area (Å²) < 4.78 is 5.90. The number of rotatable bonds is 5. The molecule has 0 saturated heterocycles. The van der Waals surface area contributed by atoms with Crippen LogP contribution < -0.4 is 11.3 Å². The van der Waals surface area contributed by atoms with Crippen LogP contribution >= 0.6 is 0 Å². The van der Waals surface area contributed by atoms with Gasteiger partial charge in [-0.25, -0.2) is 0 Å². The lowest BCUT2D eigenvalue weighted by atomic mass is 9.89. The van der Waals surface area contributed by atoms with Gasteiger partial charge in [0.25, 0.3) is 5.69 Å². The molecule has 1 fully saturated rings. The molecule has 0 bridgehead atoms. The Morgan fingerprint density at radius 3 is 2.95 bits per heavy atom. The molecule has 1 aromatic rings. The van der Waals surface area contributed by atoms with Crippen molar-refractivity contribution in [1.82, 2.24) is 0 Å². The lowest BCUT2D eigenvalue weighted by Gasteiger charge is -2.27. The monoisotopic (exact) mass is 279 g/mol. The molecule has 2 atom stereocenters. The van der Waals surface area contributed by atoms with E-state index in [4.69, 9.17) is 10.6 Å². The topological polar surface area (TPSA) is 90.4 Å². The van der Waals surface area contributed by atoms with Crippen LogP contribution in [0, 0.1) is 16.0 Å². The molecule has 2 rings (SSSR count). The van der Waals surface area contributed by atoms with Crippen molar-refractivity contribution in [2.45, 2.75) is 45.3 Å². The molecule has 1 aliphatic rings. The minimum Gasteiger partial charge on any atom is -0.373 e. The SMILES string of the molecule is CC1CCCC(OCc2cccc([N+](=O)[O-])c2NN)C1. The Hall–Kier alpha value is -1.66. The number of benzene rings is 1. The van der Waals surface area contributed by atoms with Gasteiger partial charge in [-0.2, -0.15) is 0 Å². The molecule has 0 heterocycles. The van der Waals surface area contributed by atoms with E-state index in [9.17, 15) is 10.1 Å². The van der Waals surface area contributed by atoms with Crippen LogP contribution in [0.4, 0.5) is 11.4 Å². The first-order valence-electron chi connectivity index (χ1n) is 6.96. The fraction of sp³-hybridized carbons (Fsp3) is 0.571. The van der Waals surface area contributed by atoms with Crippen molar-refractivity contribution in [3.63, 3.8) is 0 Å². The van der Waals surface area contributed by atoms with Gasteiger partial charge in [-0.1, -0.05) is 31.9 Å². The number of hydrazine groups is 1. The van der Waals surface area contributed by atoms with Gasteiger partial charge in [0.2, 0.25) is 0 Å². The molecule has 110 valence electrons. The molecule has 0 aromatic heterocycles. The van der Waals surface area contributed by atoms with Gasteiger partial charge in [0, 0.05) is 11.6 Å². The number of hydrogen-bond acceptors (Lipinski definition) is 5. The highest BCUT2D eigenvalue weighted by Crippen LogP contribution is 2.30. The average Bonchev–Trinajstić information content (AvgIpc) is 2.44. The van der Waals surface area contributed by atoms with Gasteiger partial charge in [0.1, 0.15) is 5.69 Å². The summed E-state index contributed by atoms with van der Waals surface area (Å²) in [6.45, 7) is 2.58. The van der Waals surface area contributed by atoms with Crippen molar-refractivity contribution in [2.75, 3.05) is 5.43 Å². The molecule has 20 heavy (non-hydrogen) atoms. The van der Waals surface area contributed by atoms with Crippen LogP contribution in [0.5, 0.6) is 0 Å². The third kappa shape index (κ3) is 3.46. The molecule has 3 N–H and O–H groups in total. The molecule has 0 spiro atoms. The minimum atomic E-state index is -0.443.